The molecule has 2 rings (SSSR count). The standard InChI is InChI=1S/C18H22N2O4/c1-23-17-11-14(12-19-9-10-21)7-8-16(17)24-13-18(22)20-15-5-3-2-4-6-15/h2-8,11,19,21H,9-10,12-13H2,1H3,(H,20,22)/p+1. The largest absolute Gasteiger partial charge is 0.493 e. The number of benzene rings is 2. The lowest BCUT2D eigenvalue weighted by atomic mass is 10.2. The average Bonchev–Trinajstić information content (AvgIpc) is 2.61. The van der Waals surface area contributed by atoms with Gasteiger partial charge in [0.05, 0.1) is 20.3 Å². The first-order valence-corrected chi connectivity index (χ1v) is 7.80. The maximum Gasteiger partial charge on any atom is 0.262 e. The van der Waals surface area contributed by atoms with Crippen LogP contribution in [0.2, 0.25) is 0 Å². The van der Waals surface area contributed by atoms with Crippen molar-refractivity contribution in [1.82, 2.24) is 0 Å². The van der Waals surface area contributed by atoms with E-state index < -0.39 is 0 Å². The summed E-state index contributed by atoms with van der Waals surface area (Å²) in [4.78, 5) is 11.9. The zero-order chi connectivity index (χ0) is 17.2. The fourth-order valence-electron chi connectivity index (χ4n) is 2.18. The molecule has 6 nitrogen and oxygen atoms in total. The zero-order valence-corrected chi connectivity index (χ0v) is 13.7. The predicted octanol–water partition coefficient (Wildman–Crippen LogP) is 0.768. The summed E-state index contributed by atoms with van der Waals surface area (Å²) in [6.45, 7) is 1.45. The third-order valence-electron chi connectivity index (χ3n) is 3.36. The second-order valence-corrected chi connectivity index (χ2v) is 5.19. The number of anilines is 1. The van der Waals surface area contributed by atoms with Crippen molar-refractivity contribution in [2.24, 2.45) is 0 Å². The van der Waals surface area contributed by atoms with Crippen LogP contribution in [0.5, 0.6) is 11.5 Å². The molecule has 6 heteroatoms. The Morgan fingerprint density at radius 1 is 1.17 bits per heavy atom. The molecule has 0 atom stereocenters. The van der Waals surface area contributed by atoms with Crippen LogP contribution in [0.25, 0.3) is 0 Å². The number of ether oxygens (including phenoxy) is 2. The molecular formula is C18H23N2O4+. The summed E-state index contributed by atoms with van der Waals surface area (Å²) in [7, 11) is 1.56. The van der Waals surface area contributed by atoms with E-state index in [0.717, 1.165) is 17.8 Å². The maximum atomic E-state index is 11.9. The van der Waals surface area contributed by atoms with Crippen molar-refractivity contribution >= 4 is 11.6 Å². The Bertz CT molecular complexity index is 647. The molecule has 24 heavy (non-hydrogen) atoms. The summed E-state index contributed by atoms with van der Waals surface area (Å²) in [6.07, 6.45) is 0. The van der Waals surface area contributed by atoms with Crippen LogP contribution in [0.4, 0.5) is 5.69 Å². The highest BCUT2D eigenvalue weighted by atomic mass is 16.5. The predicted molar refractivity (Wildman–Crippen MR) is 91.1 cm³/mol. The number of aliphatic hydroxyl groups excluding tert-OH is 1. The molecule has 0 aliphatic heterocycles. The number of methoxy groups -OCH3 is 1. The van der Waals surface area contributed by atoms with Gasteiger partial charge in [0.25, 0.3) is 5.91 Å². The van der Waals surface area contributed by atoms with Gasteiger partial charge in [0, 0.05) is 11.3 Å². The molecule has 0 bridgehead atoms. The number of nitrogens with two attached hydrogens (primary N) is 1. The molecule has 0 heterocycles. The maximum absolute atomic E-state index is 11.9. The topological polar surface area (TPSA) is 84.4 Å². The van der Waals surface area contributed by atoms with Gasteiger partial charge < -0.3 is 25.2 Å². The third-order valence-corrected chi connectivity index (χ3v) is 3.36. The normalized spacial score (nSPS) is 10.2. The Kier molecular flexibility index (Phi) is 7.07. The van der Waals surface area contributed by atoms with E-state index in [0.29, 0.717) is 18.0 Å². The number of amides is 1. The van der Waals surface area contributed by atoms with Gasteiger partial charge in [-0.2, -0.15) is 0 Å². The molecule has 0 aromatic heterocycles. The average molecular weight is 331 g/mol. The first kappa shape index (κ1) is 17.8. The number of carbonyl (C=O) groups is 1. The van der Waals surface area contributed by atoms with Gasteiger partial charge in [-0.3, -0.25) is 4.79 Å². The Morgan fingerprint density at radius 2 is 1.96 bits per heavy atom. The molecule has 4 N–H and O–H groups in total. The highest BCUT2D eigenvalue weighted by Crippen LogP contribution is 2.27. The smallest absolute Gasteiger partial charge is 0.262 e. The highest BCUT2D eigenvalue weighted by molar-refractivity contribution is 5.91. The monoisotopic (exact) mass is 331 g/mol. The summed E-state index contributed by atoms with van der Waals surface area (Å²) in [5.74, 6) is 0.868. The zero-order valence-electron chi connectivity index (χ0n) is 13.7. The van der Waals surface area contributed by atoms with Crippen molar-refractivity contribution in [2.75, 3.05) is 32.2 Å². The van der Waals surface area contributed by atoms with Gasteiger partial charge in [0.15, 0.2) is 18.1 Å². The van der Waals surface area contributed by atoms with Gasteiger partial charge in [-0.05, 0) is 30.3 Å². The lowest BCUT2D eigenvalue weighted by Gasteiger charge is -2.12. The van der Waals surface area contributed by atoms with E-state index in [4.69, 9.17) is 14.6 Å². The van der Waals surface area contributed by atoms with Gasteiger partial charge >= 0.3 is 0 Å². The van der Waals surface area contributed by atoms with E-state index in [2.05, 4.69) is 5.32 Å². The van der Waals surface area contributed by atoms with Gasteiger partial charge in [-0.15, -0.1) is 0 Å². The minimum absolute atomic E-state index is 0.0960. The van der Waals surface area contributed by atoms with E-state index in [1.807, 2.05) is 47.8 Å². The second-order valence-electron chi connectivity index (χ2n) is 5.19. The first-order valence-electron chi connectivity index (χ1n) is 7.80. The van der Waals surface area contributed by atoms with Crippen LogP contribution in [0, 0.1) is 0 Å². The van der Waals surface area contributed by atoms with Crippen LogP contribution >= 0.6 is 0 Å². The van der Waals surface area contributed by atoms with E-state index in [9.17, 15) is 4.79 Å². The van der Waals surface area contributed by atoms with Gasteiger partial charge in [0.2, 0.25) is 0 Å². The number of hydrogen-bond donors (Lipinski definition) is 3. The molecule has 0 saturated heterocycles. The number of quaternary nitrogens is 1. The lowest BCUT2D eigenvalue weighted by Crippen LogP contribution is -2.83. The van der Waals surface area contributed by atoms with Gasteiger partial charge in [-0.25, -0.2) is 0 Å². The number of carbonyl (C=O) groups excluding carboxylic acids is 1. The van der Waals surface area contributed by atoms with E-state index in [1.54, 1.807) is 13.2 Å². The van der Waals surface area contributed by atoms with Crippen LogP contribution in [0.15, 0.2) is 48.5 Å². The minimum Gasteiger partial charge on any atom is -0.493 e. The highest BCUT2D eigenvalue weighted by Gasteiger charge is 2.09. The summed E-state index contributed by atoms with van der Waals surface area (Å²) >= 11 is 0. The molecule has 0 aliphatic carbocycles. The number of nitrogens with one attached hydrogen (secondary N) is 1. The van der Waals surface area contributed by atoms with Crippen molar-refractivity contribution in [3.63, 3.8) is 0 Å². The van der Waals surface area contributed by atoms with Crippen molar-refractivity contribution in [3.8, 4) is 11.5 Å². The molecule has 1 amide bonds. The number of hydrogen-bond acceptors (Lipinski definition) is 4. The molecular weight excluding hydrogens is 308 g/mol. The van der Waals surface area contributed by atoms with E-state index in [1.165, 1.54) is 0 Å². The summed E-state index contributed by atoms with van der Waals surface area (Å²) in [5.41, 5.74) is 1.79. The molecule has 128 valence electrons. The first-order chi connectivity index (χ1) is 11.7. The van der Waals surface area contributed by atoms with Crippen LogP contribution in [-0.4, -0.2) is 37.9 Å². The molecule has 0 fully saturated rings. The van der Waals surface area contributed by atoms with Crippen LogP contribution < -0.4 is 20.1 Å². The third kappa shape index (κ3) is 5.57. The fourth-order valence-corrected chi connectivity index (χ4v) is 2.18. The summed E-state index contributed by atoms with van der Waals surface area (Å²) in [6, 6.07) is 14.8. The summed E-state index contributed by atoms with van der Waals surface area (Å²) < 4.78 is 10.9. The van der Waals surface area contributed by atoms with Crippen LogP contribution in [0.3, 0.4) is 0 Å². The Balaban J connectivity index is 1.90. The van der Waals surface area contributed by atoms with Crippen molar-refractivity contribution in [1.29, 1.82) is 0 Å². The number of aliphatic hydroxyl groups is 1. The SMILES string of the molecule is COc1cc(C[NH2+]CCO)ccc1OCC(=O)Nc1ccccc1. The van der Waals surface area contributed by atoms with Gasteiger partial charge in [0.1, 0.15) is 6.54 Å². The van der Waals surface area contributed by atoms with E-state index >= 15 is 0 Å². The van der Waals surface area contributed by atoms with Gasteiger partial charge in [-0.1, -0.05) is 18.2 Å². The van der Waals surface area contributed by atoms with E-state index in [-0.39, 0.29) is 19.1 Å². The second kappa shape index (κ2) is 9.54. The minimum atomic E-state index is -0.233. The van der Waals surface area contributed by atoms with Crippen LogP contribution in [-0.2, 0) is 11.3 Å². The molecule has 0 saturated carbocycles. The molecule has 0 aliphatic rings. The Morgan fingerprint density at radius 3 is 2.67 bits per heavy atom. The molecule has 2 aromatic rings. The van der Waals surface area contributed by atoms with Crippen molar-refractivity contribution in [3.05, 3.63) is 54.1 Å². The Labute approximate surface area is 141 Å². The molecule has 2 aromatic carbocycles. The van der Waals surface area contributed by atoms with Crippen LogP contribution in [0.1, 0.15) is 5.56 Å². The molecule has 0 radical (unpaired) electrons. The lowest BCUT2D eigenvalue weighted by molar-refractivity contribution is -0.671. The van der Waals surface area contributed by atoms with Crippen molar-refractivity contribution < 1.29 is 24.7 Å². The molecule has 0 spiro atoms. The Hall–Kier alpha value is -2.57. The number of para-hydroxylation sites is 1. The molecule has 0 unspecified atom stereocenters. The van der Waals surface area contributed by atoms with Crippen molar-refractivity contribution in [2.45, 2.75) is 6.54 Å². The fraction of sp³-hybridized carbons (Fsp3) is 0.278. The number of rotatable bonds is 9. The summed E-state index contributed by atoms with van der Waals surface area (Å²) in [5, 5.41) is 13.6. The quantitative estimate of drug-likeness (QED) is 0.593.